The van der Waals surface area contributed by atoms with E-state index in [0.717, 1.165) is 32.5 Å². The topological polar surface area (TPSA) is 117 Å². The minimum Gasteiger partial charge on any atom is -0.456 e. The predicted molar refractivity (Wildman–Crippen MR) is 99.5 cm³/mol. The standard InChI is InChI=1S/C18H24F3NO8S/c1-7(23)27-13-12(11(10-5-6-10)22-17(26)18(19,20)21)30-16(31-4)15(29-9(3)25)14(13)28-8(2)24/h10-16H,5-6H2,1-4H3,(H,22,26)/t11-,12-,13+,14+,15-,16-/m1/s1. The van der Waals surface area contributed by atoms with Crippen LogP contribution >= 0.6 is 11.8 Å². The molecule has 0 aromatic rings. The van der Waals surface area contributed by atoms with Gasteiger partial charge in [-0.15, -0.1) is 11.8 Å². The monoisotopic (exact) mass is 471 g/mol. The van der Waals surface area contributed by atoms with Crippen molar-refractivity contribution in [1.29, 1.82) is 0 Å². The first kappa shape index (κ1) is 25.2. The Bertz CT molecular complexity index is 714. The smallest absolute Gasteiger partial charge is 0.456 e. The summed E-state index contributed by atoms with van der Waals surface area (Å²) >= 11 is 1.06. The first-order chi connectivity index (χ1) is 14.3. The molecule has 1 aliphatic carbocycles. The van der Waals surface area contributed by atoms with Crippen LogP contribution < -0.4 is 5.32 Å². The zero-order valence-corrected chi connectivity index (χ0v) is 18.1. The number of amides is 1. The molecular weight excluding hydrogens is 447 g/mol. The summed E-state index contributed by atoms with van der Waals surface area (Å²) in [5.41, 5.74) is -0.964. The molecule has 1 saturated heterocycles. The Morgan fingerprint density at radius 1 is 0.935 bits per heavy atom. The van der Waals surface area contributed by atoms with Crippen LogP contribution in [0.3, 0.4) is 0 Å². The summed E-state index contributed by atoms with van der Waals surface area (Å²) in [5, 5.41) is 1.93. The lowest BCUT2D eigenvalue weighted by molar-refractivity contribution is -0.237. The van der Waals surface area contributed by atoms with E-state index in [1.807, 2.05) is 5.32 Å². The number of carbonyl (C=O) groups excluding carboxylic acids is 4. The maximum absolute atomic E-state index is 12.9. The van der Waals surface area contributed by atoms with Gasteiger partial charge < -0.3 is 24.3 Å². The van der Waals surface area contributed by atoms with Crippen molar-refractivity contribution in [2.45, 2.75) is 75.7 Å². The Morgan fingerprint density at radius 3 is 1.84 bits per heavy atom. The number of alkyl halides is 3. The summed E-state index contributed by atoms with van der Waals surface area (Å²) < 4.78 is 60.4. The molecule has 0 radical (unpaired) electrons. The molecule has 6 atom stereocenters. The van der Waals surface area contributed by atoms with Crippen LogP contribution in [-0.2, 0) is 38.1 Å². The van der Waals surface area contributed by atoms with Gasteiger partial charge in [-0.3, -0.25) is 19.2 Å². The van der Waals surface area contributed by atoms with E-state index in [4.69, 9.17) is 18.9 Å². The molecule has 1 amide bonds. The van der Waals surface area contributed by atoms with Crippen molar-refractivity contribution in [3.63, 3.8) is 0 Å². The van der Waals surface area contributed by atoms with E-state index in [9.17, 15) is 32.3 Å². The van der Waals surface area contributed by atoms with E-state index >= 15 is 0 Å². The van der Waals surface area contributed by atoms with Crippen LogP contribution in [0.1, 0.15) is 33.6 Å². The third-order valence-electron chi connectivity index (χ3n) is 4.71. The van der Waals surface area contributed by atoms with E-state index in [1.165, 1.54) is 0 Å². The largest absolute Gasteiger partial charge is 0.471 e. The van der Waals surface area contributed by atoms with Crippen molar-refractivity contribution in [3.8, 4) is 0 Å². The van der Waals surface area contributed by atoms with Crippen LogP contribution in [0.25, 0.3) is 0 Å². The van der Waals surface area contributed by atoms with Gasteiger partial charge >= 0.3 is 30.0 Å². The molecule has 13 heteroatoms. The highest BCUT2D eigenvalue weighted by Crippen LogP contribution is 2.41. The first-order valence-electron chi connectivity index (χ1n) is 9.42. The van der Waals surface area contributed by atoms with E-state index in [1.54, 1.807) is 6.26 Å². The van der Waals surface area contributed by atoms with Gasteiger partial charge in [0.15, 0.2) is 18.3 Å². The summed E-state index contributed by atoms with van der Waals surface area (Å²) in [6.45, 7) is 3.26. The fourth-order valence-electron chi connectivity index (χ4n) is 3.44. The molecule has 0 unspecified atom stereocenters. The molecule has 1 N–H and O–H groups in total. The van der Waals surface area contributed by atoms with E-state index in [0.29, 0.717) is 12.8 Å². The van der Waals surface area contributed by atoms with Crippen LogP contribution in [0.5, 0.6) is 0 Å². The summed E-state index contributed by atoms with van der Waals surface area (Å²) in [6.07, 6.45) is -7.76. The SMILES string of the molecule is CS[C@H]1O[C@H]([C@H](NC(=O)C(F)(F)F)C2CC2)[C@H](OC(C)=O)[C@H](OC(C)=O)[C@H]1OC(C)=O. The van der Waals surface area contributed by atoms with Gasteiger partial charge in [0.1, 0.15) is 11.5 Å². The van der Waals surface area contributed by atoms with Crippen molar-refractivity contribution >= 4 is 35.6 Å². The summed E-state index contributed by atoms with van der Waals surface area (Å²) in [4.78, 5) is 46.7. The molecule has 1 saturated carbocycles. The number of hydrogen-bond donors (Lipinski definition) is 1. The highest BCUT2D eigenvalue weighted by atomic mass is 32.2. The second-order valence-corrected chi connectivity index (χ2v) is 8.20. The molecule has 0 aromatic heterocycles. The van der Waals surface area contributed by atoms with Gasteiger partial charge in [0, 0.05) is 20.8 Å². The normalized spacial score (nSPS) is 29.5. The third-order valence-corrected chi connectivity index (χ3v) is 5.55. The average molecular weight is 471 g/mol. The van der Waals surface area contributed by atoms with Gasteiger partial charge in [0.2, 0.25) is 0 Å². The number of ether oxygens (including phenoxy) is 4. The van der Waals surface area contributed by atoms with Gasteiger partial charge in [0.25, 0.3) is 0 Å². The fourth-order valence-corrected chi connectivity index (χ4v) is 4.16. The van der Waals surface area contributed by atoms with E-state index in [2.05, 4.69) is 0 Å². The molecule has 9 nitrogen and oxygen atoms in total. The molecule has 1 aliphatic heterocycles. The van der Waals surface area contributed by atoms with Crippen LogP contribution in [0.2, 0.25) is 0 Å². The quantitative estimate of drug-likeness (QED) is 0.433. The number of hydrogen-bond acceptors (Lipinski definition) is 9. The molecule has 0 bridgehead atoms. The van der Waals surface area contributed by atoms with Gasteiger partial charge in [0.05, 0.1) is 6.04 Å². The number of esters is 3. The summed E-state index contributed by atoms with van der Waals surface area (Å²) in [7, 11) is 0. The molecule has 0 aromatic carbocycles. The number of thioether (sulfide) groups is 1. The predicted octanol–water partition coefficient (Wildman–Crippen LogP) is 1.33. The maximum Gasteiger partial charge on any atom is 0.471 e. The molecule has 31 heavy (non-hydrogen) atoms. The van der Waals surface area contributed by atoms with Crippen molar-refractivity contribution < 1.29 is 51.3 Å². The Kier molecular flexibility index (Phi) is 8.20. The lowest BCUT2D eigenvalue weighted by Gasteiger charge is -2.46. The summed E-state index contributed by atoms with van der Waals surface area (Å²) in [5.74, 6) is -4.87. The second-order valence-electron chi connectivity index (χ2n) is 7.26. The average Bonchev–Trinajstić information content (AvgIpc) is 3.45. The molecule has 176 valence electrons. The first-order valence-corrected chi connectivity index (χ1v) is 10.7. The zero-order chi connectivity index (χ0) is 23.5. The Morgan fingerprint density at radius 2 is 1.42 bits per heavy atom. The molecule has 1 heterocycles. The van der Waals surface area contributed by atoms with E-state index in [-0.39, 0.29) is 5.92 Å². The van der Waals surface area contributed by atoms with Gasteiger partial charge in [-0.05, 0) is 25.0 Å². The van der Waals surface area contributed by atoms with Crippen molar-refractivity contribution in [3.05, 3.63) is 0 Å². The second kappa shape index (κ2) is 10.1. The lowest BCUT2D eigenvalue weighted by Crippen LogP contribution is -2.66. The molecule has 0 spiro atoms. The fraction of sp³-hybridized carbons (Fsp3) is 0.778. The van der Waals surface area contributed by atoms with Crippen molar-refractivity contribution in [1.82, 2.24) is 5.32 Å². The Hall–Kier alpha value is -2.02. The van der Waals surface area contributed by atoms with Gasteiger partial charge in [-0.1, -0.05) is 0 Å². The third kappa shape index (κ3) is 6.73. The molecule has 2 fully saturated rings. The van der Waals surface area contributed by atoms with Crippen LogP contribution in [0, 0.1) is 5.92 Å². The lowest BCUT2D eigenvalue weighted by atomic mass is 9.91. The summed E-state index contributed by atoms with van der Waals surface area (Å²) in [6, 6.07) is -1.18. The molecule has 2 rings (SSSR count). The van der Waals surface area contributed by atoms with Crippen molar-refractivity contribution in [2.75, 3.05) is 6.26 Å². The number of nitrogens with one attached hydrogen (secondary N) is 1. The molecular formula is C18H24F3NO8S. The van der Waals surface area contributed by atoms with Crippen LogP contribution in [0.4, 0.5) is 13.2 Å². The van der Waals surface area contributed by atoms with E-state index < -0.39 is 65.9 Å². The maximum atomic E-state index is 12.9. The number of carbonyl (C=O) groups is 4. The van der Waals surface area contributed by atoms with Gasteiger partial charge in [-0.25, -0.2) is 0 Å². The number of rotatable bonds is 7. The highest BCUT2D eigenvalue weighted by Gasteiger charge is 2.57. The molecule has 2 aliphatic rings. The minimum absolute atomic E-state index is 0.361. The minimum atomic E-state index is -5.13. The zero-order valence-electron chi connectivity index (χ0n) is 17.3. The Balaban J connectivity index is 2.46. The van der Waals surface area contributed by atoms with Crippen LogP contribution in [0.15, 0.2) is 0 Å². The highest BCUT2D eigenvalue weighted by molar-refractivity contribution is 7.99. The van der Waals surface area contributed by atoms with Gasteiger partial charge in [-0.2, -0.15) is 13.2 Å². The van der Waals surface area contributed by atoms with Crippen molar-refractivity contribution in [2.24, 2.45) is 5.92 Å². The number of halogens is 3. The van der Waals surface area contributed by atoms with Crippen LogP contribution in [-0.4, -0.2) is 72.1 Å². The Labute approximate surface area is 180 Å².